The second kappa shape index (κ2) is 7.70. The Morgan fingerprint density at radius 1 is 1.07 bits per heavy atom. The summed E-state index contributed by atoms with van der Waals surface area (Å²) in [6, 6.07) is 16.3. The van der Waals surface area contributed by atoms with Gasteiger partial charge in [0.2, 0.25) is 17.7 Å². The van der Waals surface area contributed by atoms with Crippen molar-refractivity contribution in [1.29, 1.82) is 0 Å². The highest BCUT2D eigenvalue weighted by Gasteiger charge is 2.32. The highest BCUT2D eigenvalue weighted by atomic mass is 19.1. The van der Waals surface area contributed by atoms with Crippen LogP contribution < -0.4 is 0 Å². The number of aryl methyl sites for hydroxylation is 1. The second-order valence-corrected chi connectivity index (χ2v) is 6.71. The Labute approximate surface area is 156 Å². The van der Waals surface area contributed by atoms with Gasteiger partial charge in [0.05, 0.1) is 0 Å². The predicted octanol–water partition coefficient (Wildman–Crippen LogP) is 4.00. The summed E-state index contributed by atoms with van der Waals surface area (Å²) in [4.78, 5) is 14.5. The molecule has 0 N–H and O–H groups in total. The van der Waals surface area contributed by atoms with Crippen LogP contribution in [0.15, 0.2) is 59.0 Å². The number of carbonyl (C=O) groups is 1. The summed E-state index contributed by atoms with van der Waals surface area (Å²) in [5.41, 5.74) is 1.39. The smallest absolute Gasteiger partial charge is 0.247 e. The minimum atomic E-state index is -0.277. The molecule has 1 amide bonds. The van der Waals surface area contributed by atoms with Crippen LogP contribution in [0.4, 0.5) is 4.39 Å². The minimum absolute atomic E-state index is 0.0137. The van der Waals surface area contributed by atoms with E-state index in [9.17, 15) is 9.18 Å². The van der Waals surface area contributed by atoms with Crippen molar-refractivity contribution < 1.29 is 13.6 Å². The predicted molar refractivity (Wildman–Crippen MR) is 98.0 cm³/mol. The van der Waals surface area contributed by atoms with E-state index in [4.69, 9.17) is 4.42 Å². The van der Waals surface area contributed by atoms with Crippen molar-refractivity contribution >= 4 is 5.91 Å². The molecule has 0 unspecified atom stereocenters. The zero-order valence-electron chi connectivity index (χ0n) is 14.8. The lowest BCUT2D eigenvalue weighted by Crippen LogP contribution is -2.33. The molecule has 5 nitrogen and oxygen atoms in total. The third-order valence-electron chi connectivity index (χ3n) is 4.65. The second-order valence-electron chi connectivity index (χ2n) is 6.71. The average molecular weight is 365 g/mol. The Bertz CT molecular complexity index is 922. The van der Waals surface area contributed by atoms with E-state index in [1.807, 2.05) is 30.3 Å². The van der Waals surface area contributed by atoms with E-state index < -0.39 is 0 Å². The van der Waals surface area contributed by atoms with E-state index >= 15 is 0 Å². The van der Waals surface area contributed by atoms with E-state index in [1.165, 1.54) is 6.07 Å². The Morgan fingerprint density at radius 2 is 1.81 bits per heavy atom. The number of aromatic nitrogens is 2. The van der Waals surface area contributed by atoms with Gasteiger partial charge < -0.3 is 9.32 Å². The van der Waals surface area contributed by atoms with Crippen LogP contribution >= 0.6 is 0 Å². The molecule has 138 valence electrons. The van der Waals surface area contributed by atoms with Gasteiger partial charge in [-0.05, 0) is 31.0 Å². The van der Waals surface area contributed by atoms with Crippen molar-refractivity contribution in [2.45, 2.75) is 38.3 Å². The van der Waals surface area contributed by atoms with Gasteiger partial charge in [-0.1, -0.05) is 36.4 Å². The normalized spacial score (nSPS) is 13.5. The van der Waals surface area contributed by atoms with Crippen molar-refractivity contribution in [1.82, 2.24) is 15.1 Å². The van der Waals surface area contributed by atoms with E-state index in [2.05, 4.69) is 10.2 Å². The zero-order valence-corrected chi connectivity index (χ0v) is 14.8. The monoisotopic (exact) mass is 365 g/mol. The molecular formula is C21H20FN3O2. The van der Waals surface area contributed by atoms with E-state index in [-0.39, 0.29) is 24.2 Å². The van der Waals surface area contributed by atoms with Crippen molar-refractivity contribution in [3.8, 4) is 11.5 Å². The summed E-state index contributed by atoms with van der Waals surface area (Å²) in [5.74, 6) is 0.591. The van der Waals surface area contributed by atoms with Gasteiger partial charge in [0.1, 0.15) is 5.82 Å². The molecule has 6 heteroatoms. The minimum Gasteiger partial charge on any atom is -0.421 e. The summed E-state index contributed by atoms with van der Waals surface area (Å²) in [6.07, 6.45) is 2.58. The molecule has 4 rings (SSSR count). The number of hydrogen-bond acceptors (Lipinski definition) is 4. The summed E-state index contributed by atoms with van der Waals surface area (Å²) in [7, 11) is 0. The topological polar surface area (TPSA) is 59.2 Å². The van der Waals surface area contributed by atoms with Crippen molar-refractivity contribution in [2.75, 3.05) is 0 Å². The first-order valence-corrected chi connectivity index (χ1v) is 9.11. The number of carbonyl (C=O) groups excluding carboxylic acids is 1. The number of halogens is 1. The molecular weight excluding hydrogens is 345 g/mol. The Balaban J connectivity index is 1.39. The van der Waals surface area contributed by atoms with Crippen LogP contribution in [0.3, 0.4) is 0 Å². The largest absolute Gasteiger partial charge is 0.421 e. The SMILES string of the molecule is O=C(CCc1nnc(-c2ccccc2)o1)N(Cc1ccccc1F)C1CC1. The molecule has 1 saturated carbocycles. The van der Waals surface area contributed by atoms with E-state index in [0.717, 1.165) is 18.4 Å². The molecule has 1 aliphatic rings. The molecule has 1 fully saturated rings. The lowest BCUT2D eigenvalue weighted by molar-refractivity contribution is -0.132. The van der Waals surface area contributed by atoms with Gasteiger partial charge in [-0.15, -0.1) is 10.2 Å². The lowest BCUT2D eigenvalue weighted by Gasteiger charge is -2.22. The van der Waals surface area contributed by atoms with Crippen LogP contribution in [0.25, 0.3) is 11.5 Å². The third kappa shape index (κ3) is 4.22. The van der Waals surface area contributed by atoms with E-state index in [0.29, 0.717) is 30.3 Å². The summed E-state index contributed by atoms with van der Waals surface area (Å²) in [6.45, 7) is 0.301. The molecule has 0 radical (unpaired) electrons. The Morgan fingerprint density at radius 3 is 2.56 bits per heavy atom. The number of rotatable bonds is 7. The maximum atomic E-state index is 13.9. The summed E-state index contributed by atoms with van der Waals surface area (Å²) < 4.78 is 19.6. The fourth-order valence-electron chi connectivity index (χ4n) is 3.03. The standard InChI is InChI=1S/C21H20FN3O2/c22-18-9-5-4-8-16(18)14-25(17-10-11-17)20(26)13-12-19-23-24-21(27-19)15-6-2-1-3-7-15/h1-9,17H,10-14H2. The van der Waals surface area contributed by atoms with Gasteiger partial charge in [-0.2, -0.15) is 0 Å². The van der Waals surface area contributed by atoms with Gasteiger partial charge in [0.15, 0.2) is 0 Å². The van der Waals surface area contributed by atoms with Crippen LogP contribution in [0.1, 0.15) is 30.7 Å². The lowest BCUT2D eigenvalue weighted by atomic mass is 10.2. The Hall–Kier alpha value is -3.02. The molecule has 1 aromatic heterocycles. The van der Waals surface area contributed by atoms with Crippen LogP contribution in [-0.2, 0) is 17.8 Å². The molecule has 0 aliphatic heterocycles. The number of benzene rings is 2. The van der Waals surface area contributed by atoms with Crippen LogP contribution in [0, 0.1) is 5.82 Å². The maximum Gasteiger partial charge on any atom is 0.247 e. The van der Waals surface area contributed by atoms with Gasteiger partial charge in [0.25, 0.3) is 0 Å². The number of hydrogen-bond donors (Lipinski definition) is 0. The van der Waals surface area contributed by atoms with Crippen LogP contribution in [0.2, 0.25) is 0 Å². The van der Waals surface area contributed by atoms with Gasteiger partial charge in [0, 0.05) is 36.6 Å². The van der Waals surface area contributed by atoms with Crippen molar-refractivity contribution in [3.05, 3.63) is 71.9 Å². The molecule has 0 saturated heterocycles. The summed E-state index contributed by atoms with van der Waals surface area (Å²) >= 11 is 0. The molecule has 27 heavy (non-hydrogen) atoms. The number of amides is 1. The number of nitrogens with zero attached hydrogens (tertiary/aromatic N) is 3. The van der Waals surface area contributed by atoms with Crippen molar-refractivity contribution in [3.63, 3.8) is 0 Å². The van der Waals surface area contributed by atoms with Crippen LogP contribution in [0.5, 0.6) is 0 Å². The molecule has 0 bridgehead atoms. The van der Waals surface area contributed by atoms with Gasteiger partial charge >= 0.3 is 0 Å². The third-order valence-corrected chi connectivity index (χ3v) is 4.65. The molecule has 1 heterocycles. The van der Waals surface area contributed by atoms with Gasteiger partial charge in [-0.25, -0.2) is 4.39 Å². The van der Waals surface area contributed by atoms with Gasteiger partial charge in [-0.3, -0.25) is 4.79 Å². The molecule has 0 spiro atoms. The first-order valence-electron chi connectivity index (χ1n) is 9.11. The average Bonchev–Trinajstić information content (AvgIpc) is 3.43. The molecule has 0 atom stereocenters. The zero-order chi connectivity index (χ0) is 18.6. The van der Waals surface area contributed by atoms with E-state index in [1.54, 1.807) is 23.1 Å². The maximum absolute atomic E-state index is 13.9. The Kier molecular flexibility index (Phi) is 4.96. The van der Waals surface area contributed by atoms with Crippen molar-refractivity contribution in [2.24, 2.45) is 0 Å². The molecule has 1 aliphatic carbocycles. The fraction of sp³-hybridized carbons (Fsp3) is 0.286. The van der Waals surface area contributed by atoms with Crippen LogP contribution in [-0.4, -0.2) is 27.0 Å². The first-order chi connectivity index (χ1) is 13.2. The fourth-order valence-corrected chi connectivity index (χ4v) is 3.03. The first kappa shape index (κ1) is 17.4. The molecule has 2 aromatic carbocycles. The quantitative estimate of drug-likeness (QED) is 0.635. The molecule has 3 aromatic rings. The highest BCUT2D eigenvalue weighted by Crippen LogP contribution is 2.29. The summed E-state index contributed by atoms with van der Waals surface area (Å²) in [5, 5.41) is 8.08. The highest BCUT2D eigenvalue weighted by molar-refractivity contribution is 5.77.